The number of aromatic nitrogens is 2. The van der Waals surface area contributed by atoms with Crippen molar-refractivity contribution in [3.05, 3.63) is 26.6 Å². The van der Waals surface area contributed by atoms with Crippen molar-refractivity contribution >= 4 is 27.5 Å². The second-order valence-corrected chi connectivity index (χ2v) is 8.77. The third kappa shape index (κ3) is 4.76. The van der Waals surface area contributed by atoms with Crippen molar-refractivity contribution in [1.29, 1.82) is 0 Å². The van der Waals surface area contributed by atoms with E-state index in [1.54, 1.807) is 11.3 Å². The molecule has 2 aromatic rings. The van der Waals surface area contributed by atoms with E-state index in [9.17, 15) is 9.59 Å². The van der Waals surface area contributed by atoms with Gasteiger partial charge in [0.15, 0.2) is 0 Å². The zero-order valence-corrected chi connectivity index (χ0v) is 17.1. The highest BCUT2D eigenvalue weighted by molar-refractivity contribution is 7.18. The van der Waals surface area contributed by atoms with Crippen LogP contribution in [0, 0.1) is 5.92 Å². The second-order valence-electron chi connectivity index (χ2n) is 7.69. The van der Waals surface area contributed by atoms with Gasteiger partial charge < -0.3 is 16.0 Å². The van der Waals surface area contributed by atoms with Crippen molar-refractivity contribution < 1.29 is 4.79 Å². The number of aromatic amines is 1. The van der Waals surface area contributed by atoms with Crippen LogP contribution in [0.2, 0.25) is 0 Å². The predicted octanol–water partition coefficient (Wildman–Crippen LogP) is 2.68. The van der Waals surface area contributed by atoms with Gasteiger partial charge in [0, 0.05) is 30.3 Å². The largest absolute Gasteiger partial charge is 0.352 e. The number of unbranched alkanes of at least 4 members (excludes halogenated alkanes) is 1. The van der Waals surface area contributed by atoms with Crippen molar-refractivity contribution in [3.63, 3.8) is 0 Å². The Kier molecular flexibility index (Phi) is 6.65. The van der Waals surface area contributed by atoms with Crippen LogP contribution >= 0.6 is 11.3 Å². The number of carbonyl (C=O) groups excluding carboxylic acids is 1. The van der Waals surface area contributed by atoms with Crippen LogP contribution in [0.1, 0.15) is 62.2 Å². The number of nitrogens with one attached hydrogen (secondary N) is 2. The normalized spacial score (nSPS) is 17.7. The zero-order valence-electron chi connectivity index (χ0n) is 16.3. The number of carbonyl (C=O) groups is 1. The molecule has 2 unspecified atom stereocenters. The van der Waals surface area contributed by atoms with Gasteiger partial charge >= 0.3 is 0 Å². The van der Waals surface area contributed by atoms with Gasteiger partial charge in [0.1, 0.15) is 10.7 Å². The molecule has 1 aliphatic rings. The minimum atomic E-state index is -0.0646. The van der Waals surface area contributed by atoms with Gasteiger partial charge in [0.25, 0.3) is 5.56 Å². The number of fused-ring (bicyclic) bond motifs is 3. The Labute approximate surface area is 164 Å². The number of rotatable bonds is 8. The van der Waals surface area contributed by atoms with E-state index < -0.39 is 0 Å². The number of hydrogen-bond donors (Lipinski definition) is 3. The van der Waals surface area contributed by atoms with Crippen LogP contribution in [-0.4, -0.2) is 28.5 Å². The average Bonchev–Trinajstić information content (AvgIpc) is 3.01. The summed E-state index contributed by atoms with van der Waals surface area (Å²) in [5, 5.41) is 3.75. The maximum Gasteiger partial charge on any atom is 0.259 e. The standard InChI is InChI=1S/C20H30N4O2S/c1-3-4-5-13(11-21)22-17(25)9-8-16-23-19(26)18-14-7-6-12(2)10-15(14)27-20(18)24-16/h12-13H,3-11,21H2,1-2H3,(H,22,25)(H,23,24,26). The van der Waals surface area contributed by atoms with E-state index in [1.807, 2.05) is 0 Å². The number of nitrogens with zero attached hydrogens (tertiary/aromatic N) is 1. The van der Waals surface area contributed by atoms with Crippen molar-refractivity contribution in [2.75, 3.05) is 6.54 Å². The van der Waals surface area contributed by atoms with Crippen LogP contribution in [0.15, 0.2) is 4.79 Å². The Morgan fingerprint density at radius 1 is 1.48 bits per heavy atom. The third-order valence-electron chi connectivity index (χ3n) is 5.36. The highest BCUT2D eigenvalue weighted by Gasteiger charge is 2.23. The summed E-state index contributed by atoms with van der Waals surface area (Å²) in [5.41, 5.74) is 6.86. The number of hydrogen-bond acceptors (Lipinski definition) is 5. The molecule has 0 fully saturated rings. The molecule has 2 atom stereocenters. The van der Waals surface area contributed by atoms with Crippen LogP contribution in [0.4, 0.5) is 0 Å². The fourth-order valence-corrected chi connectivity index (χ4v) is 5.15. The minimum Gasteiger partial charge on any atom is -0.352 e. The van der Waals surface area contributed by atoms with Crippen LogP contribution in [0.5, 0.6) is 0 Å². The molecule has 27 heavy (non-hydrogen) atoms. The van der Waals surface area contributed by atoms with Crippen molar-refractivity contribution in [2.45, 2.75) is 71.3 Å². The van der Waals surface area contributed by atoms with Gasteiger partial charge in [-0.1, -0.05) is 26.7 Å². The van der Waals surface area contributed by atoms with Gasteiger partial charge in [-0.3, -0.25) is 9.59 Å². The summed E-state index contributed by atoms with van der Waals surface area (Å²) < 4.78 is 0. The average molecular weight is 391 g/mol. The van der Waals surface area contributed by atoms with E-state index in [0.717, 1.165) is 48.7 Å². The molecular weight excluding hydrogens is 360 g/mol. The van der Waals surface area contributed by atoms with Crippen LogP contribution < -0.4 is 16.6 Å². The molecular formula is C20H30N4O2S. The molecule has 6 nitrogen and oxygen atoms in total. The zero-order chi connectivity index (χ0) is 19.4. The lowest BCUT2D eigenvalue weighted by atomic mass is 9.89. The lowest BCUT2D eigenvalue weighted by Gasteiger charge is -2.17. The van der Waals surface area contributed by atoms with E-state index in [1.165, 1.54) is 10.4 Å². The van der Waals surface area contributed by atoms with Gasteiger partial charge in [-0.25, -0.2) is 4.98 Å². The van der Waals surface area contributed by atoms with Crippen LogP contribution in [-0.2, 0) is 24.1 Å². The number of aryl methyl sites for hydroxylation is 2. The first-order valence-corrected chi connectivity index (χ1v) is 10.9. The molecule has 0 radical (unpaired) electrons. The fourth-order valence-electron chi connectivity index (χ4n) is 3.74. The lowest BCUT2D eigenvalue weighted by Crippen LogP contribution is -2.40. The molecule has 2 aromatic heterocycles. The molecule has 3 rings (SSSR count). The predicted molar refractivity (Wildman–Crippen MR) is 110 cm³/mol. The van der Waals surface area contributed by atoms with Gasteiger partial charge in [-0.05, 0) is 37.2 Å². The topological polar surface area (TPSA) is 101 Å². The summed E-state index contributed by atoms with van der Waals surface area (Å²) in [5.74, 6) is 1.21. The smallest absolute Gasteiger partial charge is 0.259 e. The maximum absolute atomic E-state index is 12.6. The summed E-state index contributed by atoms with van der Waals surface area (Å²) in [7, 11) is 0. The van der Waals surface area contributed by atoms with Crippen molar-refractivity contribution in [1.82, 2.24) is 15.3 Å². The number of nitrogens with two attached hydrogens (primary N) is 1. The van der Waals surface area contributed by atoms with E-state index in [0.29, 0.717) is 31.1 Å². The molecule has 1 amide bonds. The molecule has 0 saturated carbocycles. The number of thiophene rings is 1. The van der Waals surface area contributed by atoms with Gasteiger partial charge in [-0.2, -0.15) is 0 Å². The Morgan fingerprint density at radius 3 is 3.04 bits per heavy atom. The Balaban J connectivity index is 1.67. The molecule has 0 aromatic carbocycles. The quantitative estimate of drug-likeness (QED) is 0.645. The maximum atomic E-state index is 12.6. The molecule has 2 heterocycles. The SMILES string of the molecule is CCCCC(CN)NC(=O)CCc1nc2sc3c(c2c(=O)[nH]1)CCC(C)C3. The Hall–Kier alpha value is -1.73. The van der Waals surface area contributed by atoms with Gasteiger partial charge in [-0.15, -0.1) is 11.3 Å². The molecule has 0 aliphatic heterocycles. The number of H-pyrrole nitrogens is 1. The fraction of sp³-hybridized carbons (Fsp3) is 0.650. The van der Waals surface area contributed by atoms with Crippen molar-refractivity contribution in [3.8, 4) is 0 Å². The summed E-state index contributed by atoms with van der Waals surface area (Å²) >= 11 is 1.64. The third-order valence-corrected chi connectivity index (χ3v) is 6.51. The highest BCUT2D eigenvalue weighted by atomic mass is 32.1. The van der Waals surface area contributed by atoms with E-state index in [2.05, 4.69) is 29.1 Å². The molecule has 4 N–H and O–H groups in total. The summed E-state index contributed by atoms with van der Waals surface area (Å²) in [6, 6.07) is 0.0259. The molecule has 7 heteroatoms. The number of amides is 1. The molecule has 0 saturated heterocycles. The lowest BCUT2D eigenvalue weighted by molar-refractivity contribution is -0.121. The van der Waals surface area contributed by atoms with Gasteiger partial charge in [0.2, 0.25) is 5.91 Å². The van der Waals surface area contributed by atoms with Crippen molar-refractivity contribution in [2.24, 2.45) is 11.7 Å². The Morgan fingerprint density at radius 2 is 2.30 bits per heavy atom. The van der Waals surface area contributed by atoms with Gasteiger partial charge in [0.05, 0.1) is 5.39 Å². The first-order chi connectivity index (χ1) is 13.0. The molecule has 0 spiro atoms. The monoisotopic (exact) mass is 390 g/mol. The van der Waals surface area contributed by atoms with E-state index in [-0.39, 0.29) is 17.5 Å². The Bertz CT molecular complexity index is 858. The highest BCUT2D eigenvalue weighted by Crippen LogP contribution is 2.35. The first-order valence-electron chi connectivity index (χ1n) is 10.0. The summed E-state index contributed by atoms with van der Waals surface area (Å²) in [6.45, 7) is 4.83. The van der Waals surface area contributed by atoms with E-state index in [4.69, 9.17) is 5.73 Å². The van der Waals surface area contributed by atoms with Crippen LogP contribution in [0.25, 0.3) is 10.2 Å². The molecule has 1 aliphatic carbocycles. The summed E-state index contributed by atoms with van der Waals surface area (Å²) in [6.07, 6.45) is 6.89. The second kappa shape index (κ2) is 8.97. The van der Waals surface area contributed by atoms with E-state index >= 15 is 0 Å². The summed E-state index contributed by atoms with van der Waals surface area (Å²) in [4.78, 5) is 34.5. The molecule has 148 valence electrons. The molecule has 0 bridgehead atoms. The minimum absolute atomic E-state index is 0.0259. The van der Waals surface area contributed by atoms with Crippen LogP contribution in [0.3, 0.4) is 0 Å². The first kappa shape index (κ1) is 20.0.